The molecule has 1 fully saturated rings. The molecule has 0 spiro atoms. The summed E-state index contributed by atoms with van der Waals surface area (Å²) in [4.78, 5) is 4.28. The summed E-state index contributed by atoms with van der Waals surface area (Å²) in [5.41, 5.74) is 8.18. The van der Waals surface area contributed by atoms with Gasteiger partial charge in [-0.3, -0.25) is 4.98 Å². The Kier molecular flexibility index (Phi) is 3.83. The Hall–Kier alpha value is -1.60. The van der Waals surface area contributed by atoms with Crippen molar-refractivity contribution in [1.29, 1.82) is 5.26 Å². The fraction of sp³-hybridized carbons (Fsp3) is 0.571. The third kappa shape index (κ3) is 2.62. The van der Waals surface area contributed by atoms with Crippen LogP contribution in [0.3, 0.4) is 0 Å². The van der Waals surface area contributed by atoms with Crippen molar-refractivity contribution in [2.45, 2.75) is 51.7 Å². The normalized spacial score (nSPS) is 23.4. The molecule has 18 heavy (non-hydrogen) atoms. The Bertz CT molecular complexity index is 479. The van der Waals surface area contributed by atoms with Gasteiger partial charge in [0.05, 0.1) is 5.69 Å². The molecule has 2 rings (SSSR count). The Balaban J connectivity index is 2.25. The van der Waals surface area contributed by atoms with Gasteiger partial charge in [-0.25, -0.2) is 0 Å². The molecule has 1 aliphatic carbocycles. The van der Waals surface area contributed by atoms with Gasteiger partial charge in [0, 0.05) is 17.8 Å². The SMILES string of the molecule is Cc1cc(OC2CCCCC2N)c(C#N)c(C)n1. The number of aromatic nitrogens is 1. The van der Waals surface area contributed by atoms with Crippen LogP contribution < -0.4 is 10.5 Å². The second-order valence-electron chi connectivity index (χ2n) is 4.94. The van der Waals surface area contributed by atoms with Gasteiger partial charge in [-0.15, -0.1) is 0 Å². The van der Waals surface area contributed by atoms with Crippen molar-refractivity contribution in [3.63, 3.8) is 0 Å². The van der Waals surface area contributed by atoms with E-state index in [1.54, 1.807) is 0 Å². The van der Waals surface area contributed by atoms with Gasteiger partial charge in [-0.1, -0.05) is 6.42 Å². The molecule has 0 amide bonds. The van der Waals surface area contributed by atoms with Crippen molar-refractivity contribution >= 4 is 0 Å². The van der Waals surface area contributed by atoms with Crippen molar-refractivity contribution < 1.29 is 4.74 Å². The first-order valence-electron chi connectivity index (χ1n) is 6.42. The van der Waals surface area contributed by atoms with Crippen molar-refractivity contribution in [3.05, 3.63) is 23.0 Å². The van der Waals surface area contributed by atoms with Crippen LogP contribution in [0.1, 0.15) is 42.6 Å². The fourth-order valence-corrected chi connectivity index (χ4v) is 2.46. The third-order valence-electron chi connectivity index (χ3n) is 3.44. The van der Waals surface area contributed by atoms with E-state index >= 15 is 0 Å². The first kappa shape index (κ1) is 12.8. The molecular formula is C14H19N3O. The lowest BCUT2D eigenvalue weighted by Crippen LogP contribution is -2.41. The minimum absolute atomic E-state index is 0.0204. The summed E-state index contributed by atoms with van der Waals surface area (Å²) in [6.07, 6.45) is 4.29. The molecule has 1 aromatic rings. The largest absolute Gasteiger partial charge is 0.487 e. The molecule has 2 N–H and O–H groups in total. The van der Waals surface area contributed by atoms with Crippen LogP contribution >= 0.6 is 0 Å². The first-order valence-corrected chi connectivity index (χ1v) is 6.42. The first-order chi connectivity index (χ1) is 8.61. The maximum atomic E-state index is 9.18. The van der Waals surface area contributed by atoms with Gasteiger partial charge in [-0.05, 0) is 33.1 Å². The molecule has 2 unspecified atom stereocenters. The second-order valence-corrected chi connectivity index (χ2v) is 4.94. The molecule has 4 nitrogen and oxygen atoms in total. The number of pyridine rings is 1. The summed E-state index contributed by atoms with van der Waals surface area (Å²) in [6, 6.07) is 4.06. The maximum Gasteiger partial charge on any atom is 0.141 e. The van der Waals surface area contributed by atoms with E-state index in [4.69, 9.17) is 10.5 Å². The standard InChI is InChI=1S/C14H19N3O/c1-9-7-14(11(8-15)10(2)17-9)18-13-6-4-3-5-12(13)16/h7,12-13H,3-6,16H2,1-2H3. The lowest BCUT2D eigenvalue weighted by molar-refractivity contribution is 0.131. The summed E-state index contributed by atoms with van der Waals surface area (Å²) in [5, 5.41) is 9.18. The highest BCUT2D eigenvalue weighted by Crippen LogP contribution is 2.27. The van der Waals surface area contributed by atoms with E-state index < -0.39 is 0 Å². The molecule has 96 valence electrons. The summed E-state index contributed by atoms with van der Waals surface area (Å²) in [5.74, 6) is 0.629. The number of nitrogens with two attached hydrogens (primary N) is 1. The van der Waals surface area contributed by atoms with Crippen LogP contribution in [-0.2, 0) is 0 Å². The number of hydrogen-bond donors (Lipinski definition) is 1. The maximum absolute atomic E-state index is 9.18. The van der Waals surface area contributed by atoms with Gasteiger partial charge in [0.15, 0.2) is 0 Å². The monoisotopic (exact) mass is 245 g/mol. The number of rotatable bonds is 2. The summed E-state index contributed by atoms with van der Waals surface area (Å²) in [7, 11) is 0. The van der Waals surface area contributed by atoms with Gasteiger partial charge in [-0.2, -0.15) is 5.26 Å². The molecule has 4 heteroatoms. The molecule has 2 atom stereocenters. The second kappa shape index (κ2) is 5.36. The van der Waals surface area contributed by atoms with Gasteiger partial charge in [0.1, 0.15) is 23.5 Å². The lowest BCUT2D eigenvalue weighted by Gasteiger charge is -2.29. The predicted molar refractivity (Wildman–Crippen MR) is 69.3 cm³/mol. The zero-order chi connectivity index (χ0) is 13.1. The molecule has 1 heterocycles. The predicted octanol–water partition coefficient (Wildman–Crippen LogP) is 2.22. The molecule has 1 aromatic heterocycles. The number of nitrogens with zero attached hydrogens (tertiary/aromatic N) is 2. The zero-order valence-electron chi connectivity index (χ0n) is 10.9. The van der Waals surface area contributed by atoms with Gasteiger partial charge in [0.25, 0.3) is 0 Å². The van der Waals surface area contributed by atoms with Crippen molar-refractivity contribution in [1.82, 2.24) is 4.98 Å². The summed E-state index contributed by atoms with van der Waals surface area (Å²) >= 11 is 0. The molecule has 0 saturated heterocycles. The highest BCUT2D eigenvalue weighted by atomic mass is 16.5. The third-order valence-corrected chi connectivity index (χ3v) is 3.44. The summed E-state index contributed by atoms with van der Waals surface area (Å²) < 4.78 is 5.96. The van der Waals surface area contributed by atoms with Crippen molar-refractivity contribution in [2.24, 2.45) is 5.73 Å². The van der Waals surface area contributed by atoms with E-state index in [9.17, 15) is 5.26 Å². The molecule has 1 aliphatic rings. The van der Waals surface area contributed by atoms with E-state index in [0.717, 1.165) is 30.7 Å². The average molecular weight is 245 g/mol. The number of hydrogen-bond acceptors (Lipinski definition) is 4. The van der Waals surface area contributed by atoms with Gasteiger partial charge >= 0.3 is 0 Å². The highest BCUT2D eigenvalue weighted by Gasteiger charge is 2.24. The van der Waals surface area contributed by atoms with Gasteiger partial charge in [0.2, 0.25) is 0 Å². The Labute approximate surface area is 108 Å². The quantitative estimate of drug-likeness (QED) is 0.867. The minimum Gasteiger partial charge on any atom is -0.487 e. The lowest BCUT2D eigenvalue weighted by atomic mass is 9.93. The van der Waals surface area contributed by atoms with Crippen molar-refractivity contribution in [2.75, 3.05) is 0 Å². The van der Waals surface area contributed by atoms with E-state index in [1.807, 2.05) is 19.9 Å². The molecule has 0 aliphatic heterocycles. The topological polar surface area (TPSA) is 71.9 Å². The van der Waals surface area contributed by atoms with Crippen molar-refractivity contribution in [3.8, 4) is 11.8 Å². The minimum atomic E-state index is 0.0204. The van der Waals surface area contributed by atoms with Crippen LogP contribution in [-0.4, -0.2) is 17.1 Å². The van der Waals surface area contributed by atoms with E-state index in [-0.39, 0.29) is 12.1 Å². The van der Waals surface area contributed by atoms with Crippen LogP contribution in [0.5, 0.6) is 5.75 Å². The van der Waals surface area contributed by atoms with Crippen LogP contribution in [0.25, 0.3) is 0 Å². The highest BCUT2D eigenvalue weighted by molar-refractivity contribution is 5.46. The molecule has 0 radical (unpaired) electrons. The number of aryl methyl sites for hydroxylation is 2. The Morgan fingerprint density at radius 3 is 2.78 bits per heavy atom. The summed E-state index contributed by atoms with van der Waals surface area (Å²) in [6.45, 7) is 3.74. The molecule has 0 bridgehead atoms. The van der Waals surface area contributed by atoms with Crippen LogP contribution in [0.15, 0.2) is 6.07 Å². The van der Waals surface area contributed by atoms with Crippen LogP contribution in [0.2, 0.25) is 0 Å². The van der Waals surface area contributed by atoms with Crippen LogP contribution in [0, 0.1) is 25.2 Å². The average Bonchev–Trinajstić information content (AvgIpc) is 2.31. The van der Waals surface area contributed by atoms with Crippen LogP contribution in [0.4, 0.5) is 0 Å². The molecular weight excluding hydrogens is 226 g/mol. The zero-order valence-corrected chi connectivity index (χ0v) is 10.9. The smallest absolute Gasteiger partial charge is 0.141 e. The Morgan fingerprint density at radius 1 is 1.39 bits per heavy atom. The number of ether oxygens (including phenoxy) is 1. The van der Waals surface area contributed by atoms with E-state index in [0.29, 0.717) is 11.3 Å². The van der Waals surface area contributed by atoms with Gasteiger partial charge < -0.3 is 10.5 Å². The number of nitriles is 1. The Morgan fingerprint density at radius 2 is 2.11 bits per heavy atom. The molecule has 0 aromatic carbocycles. The molecule has 1 saturated carbocycles. The van der Waals surface area contributed by atoms with E-state index in [1.165, 1.54) is 6.42 Å². The fourth-order valence-electron chi connectivity index (χ4n) is 2.46. The van der Waals surface area contributed by atoms with E-state index in [2.05, 4.69) is 11.1 Å².